The van der Waals surface area contributed by atoms with Gasteiger partial charge in [0.1, 0.15) is 0 Å². The predicted molar refractivity (Wildman–Crippen MR) is 69.7 cm³/mol. The average molecular weight is 245 g/mol. The number of nitrogens with zero attached hydrogens (tertiary/aromatic N) is 1. The summed E-state index contributed by atoms with van der Waals surface area (Å²) in [4.78, 5) is 9.84. The monoisotopic (exact) mass is 245 g/mol. The van der Waals surface area contributed by atoms with Crippen LogP contribution in [0.15, 0.2) is 0 Å². The first-order valence-electron chi connectivity index (χ1n) is 6.93. The van der Waals surface area contributed by atoms with Crippen molar-refractivity contribution in [3.63, 3.8) is 0 Å². The predicted octanol–water partition coefficient (Wildman–Crippen LogP) is 3.54. The van der Waals surface area contributed by atoms with E-state index < -0.39 is 0 Å². The zero-order valence-corrected chi connectivity index (χ0v) is 11.1. The third kappa shape index (κ3) is 15.4. The molecule has 1 atom stereocenters. The molecule has 0 aromatic rings. The average Bonchev–Trinajstić information content (AvgIpc) is 2.25. The molecule has 0 bridgehead atoms. The molecule has 4 heteroatoms. The summed E-state index contributed by atoms with van der Waals surface area (Å²) in [6.45, 7) is 1.96. The Morgan fingerprint density at radius 2 is 1.35 bits per heavy atom. The molecule has 0 spiro atoms. The number of hydrogen-bond acceptors (Lipinski definition) is 3. The first-order valence-corrected chi connectivity index (χ1v) is 6.93. The highest BCUT2D eigenvalue weighted by Crippen LogP contribution is 2.11. The van der Waals surface area contributed by atoms with Gasteiger partial charge in [-0.25, -0.2) is 0 Å². The highest BCUT2D eigenvalue weighted by atomic mass is 16.6. The van der Waals surface area contributed by atoms with E-state index in [1.54, 1.807) is 0 Å². The SMILES string of the molecule is CC(O)CCCCCCCCCCC[N+](=O)[O-]. The van der Waals surface area contributed by atoms with Gasteiger partial charge < -0.3 is 5.11 Å². The Bertz CT molecular complexity index is 184. The summed E-state index contributed by atoms with van der Waals surface area (Å²) in [7, 11) is 0. The van der Waals surface area contributed by atoms with Crippen molar-refractivity contribution in [2.75, 3.05) is 6.54 Å². The van der Waals surface area contributed by atoms with Crippen molar-refractivity contribution in [2.24, 2.45) is 0 Å². The van der Waals surface area contributed by atoms with Gasteiger partial charge in [-0.15, -0.1) is 0 Å². The smallest absolute Gasteiger partial charge is 0.203 e. The van der Waals surface area contributed by atoms with Crippen LogP contribution in [0.2, 0.25) is 0 Å². The molecule has 0 aromatic carbocycles. The molecule has 0 amide bonds. The van der Waals surface area contributed by atoms with Crippen molar-refractivity contribution in [1.29, 1.82) is 0 Å². The number of aliphatic hydroxyl groups excluding tert-OH is 1. The van der Waals surface area contributed by atoms with Crippen molar-refractivity contribution in [2.45, 2.75) is 77.2 Å². The summed E-state index contributed by atoms with van der Waals surface area (Å²) in [5, 5.41) is 19.1. The van der Waals surface area contributed by atoms with E-state index in [1.807, 2.05) is 6.92 Å². The highest BCUT2D eigenvalue weighted by Gasteiger charge is 1.98. The molecule has 0 heterocycles. The Kier molecular flexibility index (Phi) is 11.4. The van der Waals surface area contributed by atoms with Gasteiger partial charge in [-0.1, -0.05) is 44.9 Å². The number of aliphatic hydroxyl groups is 1. The highest BCUT2D eigenvalue weighted by molar-refractivity contribution is 4.50. The van der Waals surface area contributed by atoms with Crippen LogP contribution in [-0.4, -0.2) is 22.7 Å². The van der Waals surface area contributed by atoms with E-state index in [2.05, 4.69) is 0 Å². The maximum absolute atomic E-state index is 10.1. The van der Waals surface area contributed by atoms with Crippen LogP contribution in [0.1, 0.15) is 71.1 Å². The fourth-order valence-electron chi connectivity index (χ4n) is 1.92. The molecular formula is C13H27NO3. The molecule has 4 nitrogen and oxygen atoms in total. The Hall–Kier alpha value is -0.640. The molecule has 0 aliphatic carbocycles. The van der Waals surface area contributed by atoms with Crippen LogP contribution in [0.25, 0.3) is 0 Å². The zero-order chi connectivity index (χ0) is 12.9. The Balaban J connectivity index is 2.96. The third-order valence-corrected chi connectivity index (χ3v) is 2.96. The van der Waals surface area contributed by atoms with Crippen molar-refractivity contribution in [3.8, 4) is 0 Å². The first kappa shape index (κ1) is 16.4. The first-order chi connectivity index (χ1) is 8.13. The number of nitro groups is 1. The molecule has 0 aromatic heterocycles. The number of hydrogen-bond donors (Lipinski definition) is 1. The lowest BCUT2D eigenvalue weighted by molar-refractivity contribution is -0.480. The molecule has 0 saturated carbocycles. The van der Waals surface area contributed by atoms with Crippen molar-refractivity contribution >= 4 is 0 Å². The molecular weight excluding hydrogens is 218 g/mol. The molecule has 1 N–H and O–H groups in total. The minimum atomic E-state index is -0.234. The molecule has 0 fully saturated rings. The van der Waals surface area contributed by atoms with Gasteiger partial charge in [0.05, 0.1) is 6.10 Å². The van der Waals surface area contributed by atoms with Crippen LogP contribution < -0.4 is 0 Å². The second kappa shape index (κ2) is 11.8. The van der Waals surface area contributed by atoms with Crippen LogP contribution in [0.5, 0.6) is 0 Å². The van der Waals surface area contributed by atoms with Gasteiger partial charge in [-0.05, 0) is 19.8 Å². The lowest BCUT2D eigenvalue weighted by Gasteiger charge is -2.03. The molecule has 0 saturated heterocycles. The van der Waals surface area contributed by atoms with E-state index >= 15 is 0 Å². The van der Waals surface area contributed by atoms with Gasteiger partial charge >= 0.3 is 0 Å². The van der Waals surface area contributed by atoms with Crippen LogP contribution in [0.3, 0.4) is 0 Å². The summed E-state index contributed by atoms with van der Waals surface area (Å²) in [6.07, 6.45) is 10.9. The molecule has 0 aliphatic rings. The molecule has 0 radical (unpaired) electrons. The summed E-state index contributed by atoms with van der Waals surface area (Å²) in [5.74, 6) is 0. The van der Waals surface area contributed by atoms with Crippen molar-refractivity contribution in [3.05, 3.63) is 10.1 Å². The number of unbranched alkanes of at least 4 members (excludes halogenated alkanes) is 8. The minimum Gasteiger partial charge on any atom is -0.393 e. The van der Waals surface area contributed by atoms with Gasteiger partial charge in [0.25, 0.3) is 0 Å². The molecule has 0 rings (SSSR count). The fraction of sp³-hybridized carbons (Fsp3) is 1.00. The molecule has 1 unspecified atom stereocenters. The standard InChI is InChI=1S/C13H27NO3/c1-13(15)11-9-7-5-3-2-4-6-8-10-12-14(16)17/h13,15H,2-12H2,1H3. The molecule has 102 valence electrons. The fourth-order valence-corrected chi connectivity index (χ4v) is 1.92. The van der Waals surface area contributed by atoms with Crippen molar-refractivity contribution in [1.82, 2.24) is 0 Å². The summed E-state index contributed by atoms with van der Waals surface area (Å²) < 4.78 is 0. The van der Waals surface area contributed by atoms with Crippen LogP contribution in [-0.2, 0) is 0 Å². The van der Waals surface area contributed by atoms with E-state index in [0.29, 0.717) is 0 Å². The van der Waals surface area contributed by atoms with E-state index in [9.17, 15) is 10.1 Å². The van der Waals surface area contributed by atoms with Gasteiger partial charge in [-0.2, -0.15) is 0 Å². The van der Waals surface area contributed by atoms with Gasteiger partial charge in [0.15, 0.2) is 0 Å². The second-order valence-electron chi connectivity index (χ2n) is 4.88. The minimum absolute atomic E-state index is 0.124. The summed E-state index contributed by atoms with van der Waals surface area (Å²) in [5.41, 5.74) is 0. The Morgan fingerprint density at radius 3 is 1.76 bits per heavy atom. The largest absolute Gasteiger partial charge is 0.393 e. The van der Waals surface area contributed by atoms with E-state index in [-0.39, 0.29) is 17.6 Å². The zero-order valence-electron chi connectivity index (χ0n) is 11.1. The topological polar surface area (TPSA) is 63.4 Å². The molecule has 17 heavy (non-hydrogen) atoms. The Morgan fingerprint density at radius 1 is 0.941 bits per heavy atom. The maximum Gasteiger partial charge on any atom is 0.203 e. The normalized spacial score (nSPS) is 12.6. The lowest BCUT2D eigenvalue weighted by Crippen LogP contribution is -1.99. The van der Waals surface area contributed by atoms with Gasteiger partial charge in [0, 0.05) is 11.3 Å². The van der Waals surface area contributed by atoms with E-state index in [4.69, 9.17) is 5.11 Å². The second-order valence-corrected chi connectivity index (χ2v) is 4.88. The summed E-state index contributed by atoms with van der Waals surface area (Å²) >= 11 is 0. The van der Waals surface area contributed by atoms with Crippen LogP contribution >= 0.6 is 0 Å². The summed E-state index contributed by atoms with van der Waals surface area (Å²) in [6, 6.07) is 0. The lowest BCUT2D eigenvalue weighted by atomic mass is 10.1. The van der Waals surface area contributed by atoms with Gasteiger partial charge in [0.2, 0.25) is 6.54 Å². The van der Waals surface area contributed by atoms with Crippen LogP contribution in [0, 0.1) is 10.1 Å². The maximum atomic E-state index is 10.1. The van der Waals surface area contributed by atoms with E-state index in [1.165, 1.54) is 32.1 Å². The third-order valence-electron chi connectivity index (χ3n) is 2.96. The molecule has 0 aliphatic heterocycles. The Labute approximate surface area is 105 Å². The quantitative estimate of drug-likeness (QED) is 0.325. The van der Waals surface area contributed by atoms with Gasteiger partial charge in [-0.3, -0.25) is 10.1 Å². The van der Waals surface area contributed by atoms with Crippen LogP contribution in [0.4, 0.5) is 0 Å². The van der Waals surface area contributed by atoms with E-state index in [0.717, 1.165) is 32.1 Å². The van der Waals surface area contributed by atoms with Crippen molar-refractivity contribution < 1.29 is 10.0 Å². The number of rotatable bonds is 12.